The van der Waals surface area contributed by atoms with Gasteiger partial charge in [-0.15, -0.1) is 0 Å². The Balaban J connectivity index is 2.22. The van der Waals surface area contributed by atoms with Crippen LogP contribution in [0.15, 0.2) is 30.5 Å². The zero-order valence-electron chi connectivity index (χ0n) is 11.2. The molecule has 2 rings (SSSR count). The molecule has 1 aromatic carbocycles. The van der Waals surface area contributed by atoms with Gasteiger partial charge in [0.15, 0.2) is 0 Å². The molecule has 0 fully saturated rings. The first kappa shape index (κ1) is 14.2. The Morgan fingerprint density at radius 1 is 1.45 bits per heavy atom. The number of hydrogen-bond donors (Lipinski definition) is 2. The maximum absolute atomic E-state index is 11.0. The van der Waals surface area contributed by atoms with Gasteiger partial charge in [0.05, 0.1) is 11.0 Å². The third-order valence-electron chi connectivity index (χ3n) is 3.06. The minimum atomic E-state index is -0.424. The molecule has 6 heteroatoms. The molecule has 0 saturated carbocycles. The van der Waals surface area contributed by atoms with Crippen molar-refractivity contribution in [2.75, 3.05) is 11.9 Å². The molecule has 6 nitrogen and oxygen atoms in total. The third-order valence-corrected chi connectivity index (χ3v) is 3.06. The van der Waals surface area contributed by atoms with Crippen LogP contribution >= 0.6 is 0 Å². The summed E-state index contributed by atoms with van der Waals surface area (Å²) in [6.45, 7) is 2.46. The molecular formula is C14H17N3O3. The quantitative estimate of drug-likeness (QED) is 0.480. The highest BCUT2D eigenvalue weighted by Gasteiger charge is 2.14. The minimum Gasteiger partial charge on any atom is -0.393 e. The van der Waals surface area contributed by atoms with Crippen LogP contribution in [-0.4, -0.2) is 27.7 Å². The van der Waals surface area contributed by atoms with E-state index in [1.165, 1.54) is 6.07 Å². The number of nitrogens with one attached hydrogen (secondary N) is 1. The summed E-state index contributed by atoms with van der Waals surface area (Å²) in [5, 5.41) is 24.2. The van der Waals surface area contributed by atoms with E-state index in [0.717, 1.165) is 23.9 Å². The van der Waals surface area contributed by atoms with Gasteiger partial charge in [-0.05, 0) is 38.0 Å². The normalized spacial score (nSPS) is 12.3. The second-order valence-corrected chi connectivity index (χ2v) is 4.71. The SMILES string of the molecule is CC(O)CCCNc1ccc([N+](=O)[O-])c2ncccc12. The maximum atomic E-state index is 11.0. The number of hydrogen-bond acceptors (Lipinski definition) is 5. The molecule has 1 atom stereocenters. The molecule has 0 amide bonds. The lowest BCUT2D eigenvalue weighted by molar-refractivity contribution is -0.383. The van der Waals surface area contributed by atoms with Gasteiger partial charge in [0.25, 0.3) is 5.69 Å². The minimum absolute atomic E-state index is 0.00938. The van der Waals surface area contributed by atoms with Gasteiger partial charge in [-0.3, -0.25) is 10.1 Å². The Kier molecular flexibility index (Phi) is 4.47. The van der Waals surface area contributed by atoms with Crippen molar-refractivity contribution < 1.29 is 10.0 Å². The van der Waals surface area contributed by atoms with Gasteiger partial charge in [-0.2, -0.15) is 0 Å². The van der Waals surface area contributed by atoms with Crippen molar-refractivity contribution in [2.45, 2.75) is 25.9 Å². The van der Waals surface area contributed by atoms with Crippen molar-refractivity contribution >= 4 is 22.3 Å². The van der Waals surface area contributed by atoms with E-state index in [-0.39, 0.29) is 11.8 Å². The van der Waals surface area contributed by atoms with Crippen molar-refractivity contribution in [3.8, 4) is 0 Å². The highest BCUT2D eigenvalue weighted by atomic mass is 16.6. The van der Waals surface area contributed by atoms with Crippen LogP contribution in [0.1, 0.15) is 19.8 Å². The predicted octanol–water partition coefficient (Wildman–Crippen LogP) is 2.72. The number of nitro benzene ring substituents is 1. The second-order valence-electron chi connectivity index (χ2n) is 4.71. The summed E-state index contributed by atoms with van der Waals surface area (Å²) in [5.41, 5.74) is 1.22. The van der Waals surface area contributed by atoms with E-state index in [1.54, 1.807) is 25.3 Å². The van der Waals surface area contributed by atoms with E-state index in [0.29, 0.717) is 12.1 Å². The van der Waals surface area contributed by atoms with E-state index in [4.69, 9.17) is 0 Å². The summed E-state index contributed by atoms with van der Waals surface area (Å²) in [7, 11) is 0. The Labute approximate surface area is 116 Å². The topological polar surface area (TPSA) is 88.3 Å². The van der Waals surface area contributed by atoms with E-state index in [2.05, 4.69) is 10.3 Å². The molecule has 2 aromatic rings. The number of fused-ring (bicyclic) bond motifs is 1. The first-order valence-corrected chi connectivity index (χ1v) is 6.53. The van der Waals surface area contributed by atoms with Crippen LogP contribution in [0.2, 0.25) is 0 Å². The maximum Gasteiger partial charge on any atom is 0.295 e. The molecule has 1 unspecified atom stereocenters. The number of nitro groups is 1. The number of nitrogens with zero attached hydrogens (tertiary/aromatic N) is 2. The molecule has 20 heavy (non-hydrogen) atoms. The van der Waals surface area contributed by atoms with Crippen LogP contribution in [0, 0.1) is 10.1 Å². The number of aromatic nitrogens is 1. The lowest BCUT2D eigenvalue weighted by Crippen LogP contribution is -2.07. The largest absolute Gasteiger partial charge is 0.393 e. The van der Waals surface area contributed by atoms with Gasteiger partial charge in [0, 0.05) is 29.9 Å². The van der Waals surface area contributed by atoms with Crippen LogP contribution in [0.5, 0.6) is 0 Å². The van der Waals surface area contributed by atoms with Crippen molar-refractivity contribution in [2.24, 2.45) is 0 Å². The van der Waals surface area contributed by atoms with E-state index >= 15 is 0 Å². The van der Waals surface area contributed by atoms with Gasteiger partial charge in [-0.25, -0.2) is 4.98 Å². The van der Waals surface area contributed by atoms with Gasteiger partial charge in [-0.1, -0.05) is 0 Å². The second kappa shape index (κ2) is 6.29. The van der Waals surface area contributed by atoms with Crippen molar-refractivity contribution in [1.29, 1.82) is 0 Å². The molecule has 0 aliphatic carbocycles. The molecule has 0 spiro atoms. The van der Waals surface area contributed by atoms with E-state index in [9.17, 15) is 15.2 Å². The number of rotatable bonds is 6. The smallest absolute Gasteiger partial charge is 0.295 e. The molecular weight excluding hydrogens is 258 g/mol. The number of aliphatic hydroxyl groups is 1. The zero-order chi connectivity index (χ0) is 14.5. The van der Waals surface area contributed by atoms with Gasteiger partial charge < -0.3 is 10.4 Å². The average Bonchev–Trinajstić information content (AvgIpc) is 2.43. The number of non-ortho nitro benzene ring substituents is 1. The van der Waals surface area contributed by atoms with Crippen LogP contribution in [-0.2, 0) is 0 Å². The summed E-state index contributed by atoms with van der Waals surface area (Å²) >= 11 is 0. The Morgan fingerprint density at radius 3 is 2.95 bits per heavy atom. The highest BCUT2D eigenvalue weighted by Crippen LogP contribution is 2.29. The molecule has 0 aliphatic rings. The first-order valence-electron chi connectivity index (χ1n) is 6.53. The van der Waals surface area contributed by atoms with Crippen LogP contribution in [0.25, 0.3) is 10.9 Å². The molecule has 2 N–H and O–H groups in total. The van der Waals surface area contributed by atoms with Crippen LogP contribution < -0.4 is 5.32 Å². The number of pyridine rings is 1. The number of anilines is 1. The number of benzene rings is 1. The molecule has 1 heterocycles. The monoisotopic (exact) mass is 275 g/mol. The zero-order valence-corrected chi connectivity index (χ0v) is 11.2. The standard InChI is InChI=1S/C14H17N3O3/c1-10(18)4-2-8-15-12-6-7-13(17(19)20)14-11(12)5-3-9-16-14/h3,5-7,9-10,15,18H,2,4,8H2,1H3. The highest BCUT2D eigenvalue weighted by molar-refractivity contribution is 5.96. The molecule has 0 aliphatic heterocycles. The van der Waals surface area contributed by atoms with Crippen molar-refractivity contribution in [1.82, 2.24) is 4.98 Å². The van der Waals surface area contributed by atoms with Crippen LogP contribution in [0.4, 0.5) is 11.4 Å². The average molecular weight is 275 g/mol. The summed E-state index contributed by atoms with van der Waals surface area (Å²) in [5.74, 6) is 0. The molecule has 0 radical (unpaired) electrons. The fourth-order valence-corrected chi connectivity index (χ4v) is 2.08. The Morgan fingerprint density at radius 2 is 2.25 bits per heavy atom. The lowest BCUT2D eigenvalue weighted by Gasteiger charge is -2.10. The fraction of sp³-hybridized carbons (Fsp3) is 0.357. The summed E-state index contributed by atoms with van der Waals surface area (Å²) in [4.78, 5) is 14.7. The van der Waals surface area contributed by atoms with Gasteiger partial charge in [0.2, 0.25) is 0 Å². The molecule has 0 bridgehead atoms. The van der Waals surface area contributed by atoms with E-state index in [1.807, 2.05) is 6.07 Å². The number of aliphatic hydroxyl groups excluding tert-OH is 1. The first-order chi connectivity index (χ1) is 9.59. The molecule has 106 valence electrons. The van der Waals surface area contributed by atoms with Gasteiger partial charge in [0.1, 0.15) is 5.52 Å². The molecule has 0 saturated heterocycles. The lowest BCUT2D eigenvalue weighted by atomic mass is 10.1. The van der Waals surface area contributed by atoms with Crippen LogP contribution in [0.3, 0.4) is 0 Å². The summed E-state index contributed by atoms with van der Waals surface area (Å²) in [6.07, 6.45) is 2.78. The Hall–Kier alpha value is -2.21. The van der Waals surface area contributed by atoms with Crippen molar-refractivity contribution in [3.05, 3.63) is 40.6 Å². The predicted molar refractivity (Wildman–Crippen MR) is 77.8 cm³/mol. The molecule has 1 aromatic heterocycles. The summed E-state index contributed by atoms with van der Waals surface area (Å²) in [6, 6.07) is 6.73. The third kappa shape index (κ3) is 3.21. The van der Waals surface area contributed by atoms with Gasteiger partial charge >= 0.3 is 0 Å². The fourth-order valence-electron chi connectivity index (χ4n) is 2.08. The van der Waals surface area contributed by atoms with E-state index < -0.39 is 4.92 Å². The summed E-state index contributed by atoms with van der Waals surface area (Å²) < 4.78 is 0. The van der Waals surface area contributed by atoms with Crippen molar-refractivity contribution in [3.63, 3.8) is 0 Å². The Bertz CT molecular complexity index is 614.